The fourth-order valence-corrected chi connectivity index (χ4v) is 9.08. The smallest absolute Gasteiger partial charge is 0.456 e. The molecule has 4 rings (SSSR count). The molecule has 0 amide bonds. The molecule has 4 fully saturated rings. The van der Waals surface area contributed by atoms with Gasteiger partial charge < -0.3 is 9.47 Å². The number of hydrogen-bond donors (Lipinski definition) is 0. The van der Waals surface area contributed by atoms with Gasteiger partial charge in [-0.25, -0.2) is 4.79 Å². The van der Waals surface area contributed by atoms with Crippen LogP contribution in [0, 0.1) is 46.3 Å². The molecule has 0 bridgehead atoms. The number of halogens is 9. The number of hydrogen-bond acceptors (Lipinski definition) is 6. The summed E-state index contributed by atoms with van der Waals surface area (Å²) >= 11 is 0. The lowest BCUT2D eigenvalue weighted by atomic mass is 9.43. The number of fused-ring (bicyclic) bond motifs is 5. The second kappa shape index (κ2) is 11.5. The van der Waals surface area contributed by atoms with Gasteiger partial charge in [-0.1, -0.05) is 20.8 Å². The first-order valence-electron chi connectivity index (χ1n) is 14.7. The van der Waals surface area contributed by atoms with Crippen LogP contribution in [0.1, 0.15) is 78.6 Å². The highest BCUT2D eigenvalue weighted by molar-refractivity contribution is 6.39. The Kier molecular flexibility index (Phi) is 9.00. The van der Waals surface area contributed by atoms with E-state index in [4.69, 9.17) is 0 Å². The van der Waals surface area contributed by atoms with Gasteiger partial charge in [0.15, 0.2) is 0 Å². The minimum atomic E-state index is -5.81. The van der Waals surface area contributed by atoms with Gasteiger partial charge in [0.1, 0.15) is 6.10 Å². The first kappa shape index (κ1) is 34.5. The topological polar surface area (TPSA) is 86.7 Å². The number of carbonyl (C=O) groups excluding carboxylic acids is 4. The zero-order valence-electron chi connectivity index (χ0n) is 24.3. The fraction of sp³-hybridized carbons (Fsp3) is 0.862. The Morgan fingerprint density at radius 2 is 1.41 bits per heavy atom. The van der Waals surface area contributed by atoms with E-state index in [0.29, 0.717) is 25.7 Å². The minimum absolute atomic E-state index is 0.0347. The van der Waals surface area contributed by atoms with Gasteiger partial charge in [0.25, 0.3) is 6.10 Å². The molecule has 250 valence electrons. The summed E-state index contributed by atoms with van der Waals surface area (Å²) in [7, 11) is 0. The van der Waals surface area contributed by atoms with Gasteiger partial charge in [-0.05, 0) is 85.9 Å². The molecule has 0 N–H and O–H groups in total. The molecular weight excluding hydrogens is 615 g/mol. The summed E-state index contributed by atoms with van der Waals surface area (Å²) in [6, 6.07) is 0. The van der Waals surface area contributed by atoms with Crippen molar-refractivity contribution >= 4 is 23.5 Å². The van der Waals surface area contributed by atoms with E-state index >= 15 is 0 Å². The quantitative estimate of drug-likeness (QED) is 0.176. The summed E-state index contributed by atoms with van der Waals surface area (Å²) in [4.78, 5) is 50.4. The Hall–Kier alpha value is -2.35. The van der Waals surface area contributed by atoms with E-state index < -0.39 is 83.3 Å². The molecule has 4 saturated carbocycles. The van der Waals surface area contributed by atoms with Crippen molar-refractivity contribution in [2.75, 3.05) is 0 Å². The minimum Gasteiger partial charge on any atom is -0.456 e. The monoisotopic (exact) mass is 650 g/mol. The van der Waals surface area contributed by atoms with E-state index in [0.717, 1.165) is 0 Å². The summed E-state index contributed by atoms with van der Waals surface area (Å²) in [6.07, 6.45) is -20.4. The Bertz CT molecular complexity index is 1150. The molecule has 0 aromatic rings. The van der Waals surface area contributed by atoms with Gasteiger partial charge in [-0.2, -0.15) is 39.5 Å². The lowest BCUT2D eigenvalue weighted by molar-refractivity contribution is -0.313. The SMILES string of the molecule is C[C@H](CCC(=O)OC(C(F)(F)F)C(F)(F)F)[C@H]1CC[C@H]2[C@@H]3C(=O)C(=O)[C@@H]4C[C@H](OC(=O)C(F)(F)F)CC[C@]4(C)[C@H]3CC[C@]12C. The van der Waals surface area contributed by atoms with Gasteiger partial charge in [0, 0.05) is 18.3 Å². The summed E-state index contributed by atoms with van der Waals surface area (Å²) in [5.74, 6) is -7.70. The number of ether oxygens (including phenoxy) is 2. The first-order chi connectivity index (χ1) is 20.0. The number of esters is 2. The number of ketones is 2. The lowest BCUT2D eigenvalue weighted by Crippen LogP contribution is -2.61. The fourth-order valence-electron chi connectivity index (χ4n) is 9.08. The molecule has 0 saturated heterocycles. The molecule has 6 nitrogen and oxygen atoms in total. The van der Waals surface area contributed by atoms with Crippen molar-refractivity contribution in [3.05, 3.63) is 0 Å². The van der Waals surface area contributed by atoms with Crippen LogP contribution in [0.2, 0.25) is 0 Å². The van der Waals surface area contributed by atoms with E-state index in [1.165, 1.54) is 0 Å². The van der Waals surface area contributed by atoms with E-state index in [2.05, 4.69) is 9.47 Å². The highest BCUT2D eigenvalue weighted by atomic mass is 19.4. The predicted molar refractivity (Wildman–Crippen MR) is 132 cm³/mol. The zero-order chi connectivity index (χ0) is 33.2. The van der Waals surface area contributed by atoms with Crippen LogP contribution < -0.4 is 0 Å². The number of Topliss-reactive ketones (excluding diaryl/α,β-unsaturated/α-hetero) is 2. The molecular formula is C29H35F9O6. The Morgan fingerprint density at radius 1 is 0.841 bits per heavy atom. The van der Waals surface area contributed by atoms with Crippen molar-refractivity contribution in [3.63, 3.8) is 0 Å². The number of carbonyl (C=O) groups is 4. The van der Waals surface area contributed by atoms with Crippen molar-refractivity contribution in [3.8, 4) is 0 Å². The summed E-state index contributed by atoms with van der Waals surface area (Å²) < 4.78 is 123. The standard InChI is InChI=1S/C29H35F9O6/c1-13(4-7-19(39)44-23(27(30,31)32)28(33,34)35)15-5-6-16-20-17(9-11-25(15,16)2)26(3)10-8-14(43-24(42)29(36,37)38)12-18(26)21(40)22(20)41/h13-18,20,23H,4-12H2,1-3H3/t13-,14-,15-,16+,17+,18+,20+,25-,26-/m1/s1. The van der Waals surface area contributed by atoms with Gasteiger partial charge in [-0.15, -0.1) is 0 Å². The van der Waals surface area contributed by atoms with Gasteiger partial charge >= 0.3 is 30.5 Å². The molecule has 0 aromatic carbocycles. The van der Waals surface area contributed by atoms with E-state index in [-0.39, 0.29) is 49.4 Å². The normalized spacial score (nSPS) is 36.8. The molecule has 15 heteroatoms. The van der Waals surface area contributed by atoms with Crippen LogP contribution >= 0.6 is 0 Å². The van der Waals surface area contributed by atoms with E-state index in [1.807, 2.05) is 13.8 Å². The molecule has 0 aliphatic heterocycles. The maximum Gasteiger partial charge on any atom is 0.490 e. The van der Waals surface area contributed by atoms with Crippen LogP contribution in [0.5, 0.6) is 0 Å². The summed E-state index contributed by atoms with van der Waals surface area (Å²) in [5.41, 5.74) is -1.19. The molecule has 0 unspecified atom stereocenters. The Balaban J connectivity index is 1.44. The van der Waals surface area contributed by atoms with Crippen molar-refractivity contribution in [2.45, 2.75) is 109 Å². The zero-order valence-corrected chi connectivity index (χ0v) is 24.3. The van der Waals surface area contributed by atoms with Crippen LogP contribution in [0.25, 0.3) is 0 Å². The lowest BCUT2D eigenvalue weighted by Gasteiger charge is -2.59. The first-order valence-corrected chi connectivity index (χ1v) is 14.7. The van der Waals surface area contributed by atoms with Crippen LogP contribution in [0.4, 0.5) is 39.5 Å². The molecule has 0 heterocycles. The van der Waals surface area contributed by atoms with Crippen LogP contribution in [-0.2, 0) is 28.7 Å². The second-order valence-corrected chi connectivity index (χ2v) is 13.5. The van der Waals surface area contributed by atoms with Gasteiger partial charge in [-0.3, -0.25) is 14.4 Å². The molecule has 0 spiro atoms. The van der Waals surface area contributed by atoms with E-state index in [9.17, 15) is 58.7 Å². The number of rotatable bonds is 6. The third-order valence-corrected chi connectivity index (χ3v) is 11.2. The molecule has 0 aromatic heterocycles. The predicted octanol–water partition coefficient (Wildman–Crippen LogP) is 6.93. The van der Waals surface area contributed by atoms with E-state index in [1.54, 1.807) is 6.92 Å². The maximum atomic E-state index is 13.6. The number of alkyl halides is 9. The molecule has 4 aliphatic rings. The summed E-state index contributed by atoms with van der Waals surface area (Å²) in [5, 5.41) is 0. The third-order valence-electron chi connectivity index (χ3n) is 11.2. The van der Waals surface area contributed by atoms with Gasteiger partial charge in [0.05, 0.1) is 0 Å². The van der Waals surface area contributed by atoms with Crippen molar-refractivity contribution in [1.82, 2.24) is 0 Å². The Morgan fingerprint density at radius 3 is 1.98 bits per heavy atom. The van der Waals surface area contributed by atoms with Crippen LogP contribution in [0.15, 0.2) is 0 Å². The van der Waals surface area contributed by atoms with Crippen molar-refractivity contribution < 1.29 is 68.2 Å². The molecule has 9 atom stereocenters. The highest BCUT2D eigenvalue weighted by Crippen LogP contribution is 2.67. The summed E-state index contributed by atoms with van der Waals surface area (Å²) in [6.45, 7) is 5.57. The second-order valence-electron chi connectivity index (χ2n) is 13.5. The molecule has 4 aliphatic carbocycles. The van der Waals surface area contributed by atoms with Crippen molar-refractivity contribution in [2.24, 2.45) is 46.3 Å². The molecule has 44 heavy (non-hydrogen) atoms. The van der Waals surface area contributed by atoms with Crippen molar-refractivity contribution in [1.29, 1.82) is 0 Å². The molecule has 0 radical (unpaired) electrons. The maximum absolute atomic E-state index is 13.6. The Labute approximate surface area is 247 Å². The van der Waals surface area contributed by atoms with Crippen LogP contribution in [0.3, 0.4) is 0 Å². The largest absolute Gasteiger partial charge is 0.490 e. The van der Waals surface area contributed by atoms with Crippen LogP contribution in [-0.4, -0.2) is 54.2 Å². The average molecular weight is 651 g/mol. The highest BCUT2D eigenvalue weighted by Gasteiger charge is 2.66. The average Bonchev–Trinajstić information content (AvgIpc) is 3.24. The third kappa shape index (κ3) is 6.21. The van der Waals surface area contributed by atoms with Gasteiger partial charge in [0.2, 0.25) is 11.6 Å².